The predicted molar refractivity (Wildman–Crippen MR) is 123 cm³/mol. The van der Waals surface area contributed by atoms with Crippen LogP contribution in [-0.2, 0) is 13.3 Å². The van der Waals surface area contributed by atoms with E-state index in [0.717, 1.165) is 10.0 Å². The van der Waals surface area contributed by atoms with E-state index in [4.69, 9.17) is 27.9 Å². The van der Waals surface area contributed by atoms with E-state index >= 15 is 0 Å². The van der Waals surface area contributed by atoms with Crippen molar-refractivity contribution in [3.05, 3.63) is 92.9 Å². The Balaban J connectivity index is 1.37. The molecule has 2 aromatic carbocycles. The van der Waals surface area contributed by atoms with Gasteiger partial charge in [0.1, 0.15) is 10.8 Å². The third-order valence-electron chi connectivity index (χ3n) is 4.27. The average molecular weight is 521 g/mol. The standard InChI is InChI=1S/C21H16BrCl2N5O2/c22-15-10-25-29(12-15)11-14-3-1-4-16(9-14)26-21(30)18-7-8-28(27-18)13-31-19-6-2-5-17(23)20(19)24/h1-10,12H,11,13H2,(H,26,30). The predicted octanol–water partition coefficient (Wildman–Crippen LogP) is 5.49. The molecule has 158 valence electrons. The van der Waals surface area contributed by atoms with Crippen LogP contribution in [0, 0.1) is 0 Å². The van der Waals surface area contributed by atoms with Crippen molar-refractivity contribution in [2.45, 2.75) is 13.3 Å². The molecule has 7 nitrogen and oxygen atoms in total. The number of anilines is 1. The SMILES string of the molecule is O=C(Nc1cccc(Cn2cc(Br)cn2)c1)c1ccn(COc2cccc(Cl)c2Cl)n1. The van der Waals surface area contributed by atoms with E-state index in [1.807, 2.05) is 30.5 Å². The smallest absolute Gasteiger partial charge is 0.276 e. The highest BCUT2D eigenvalue weighted by Crippen LogP contribution is 2.31. The number of amides is 1. The van der Waals surface area contributed by atoms with Crippen LogP contribution in [0.25, 0.3) is 0 Å². The summed E-state index contributed by atoms with van der Waals surface area (Å²) in [4.78, 5) is 12.6. The van der Waals surface area contributed by atoms with E-state index in [1.54, 1.807) is 41.3 Å². The maximum atomic E-state index is 12.6. The lowest BCUT2D eigenvalue weighted by Crippen LogP contribution is -2.14. The number of benzene rings is 2. The molecule has 2 heterocycles. The molecular formula is C21H16BrCl2N5O2. The normalized spacial score (nSPS) is 10.8. The molecule has 4 rings (SSSR count). The molecule has 0 fully saturated rings. The molecule has 0 aliphatic heterocycles. The first kappa shape index (κ1) is 21.4. The number of aromatic nitrogens is 4. The minimum absolute atomic E-state index is 0.0856. The van der Waals surface area contributed by atoms with Crippen LogP contribution < -0.4 is 10.1 Å². The molecule has 0 aliphatic carbocycles. The quantitative estimate of drug-likeness (QED) is 0.350. The zero-order valence-electron chi connectivity index (χ0n) is 16.0. The van der Waals surface area contributed by atoms with Gasteiger partial charge in [-0.15, -0.1) is 0 Å². The van der Waals surface area contributed by atoms with Crippen molar-refractivity contribution in [1.29, 1.82) is 0 Å². The summed E-state index contributed by atoms with van der Waals surface area (Å²) in [5.74, 6) is 0.121. The summed E-state index contributed by atoms with van der Waals surface area (Å²) in [6, 6.07) is 14.3. The summed E-state index contributed by atoms with van der Waals surface area (Å²) in [7, 11) is 0. The van der Waals surface area contributed by atoms with Crippen molar-refractivity contribution in [2.75, 3.05) is 5.32 Å². The number of halogens is 3. The van der Waals surface area contributed by atoms with Gasteiger partial charge in [0, 0.05) is 18.1 Å². The van der Waals surface area contributed by atoms with E-state index in [-0.39, 0.29) is 18.3 Å². The summed E-state index contributed by atoms with van der Waals surface area (Å²) in [6.45, 7) is 0.676. The molecule has 2 aromatic heterocycles. The topological polar surface area (TPSA) is 74.0 Å². The van der Waals surface area contributed by atoms with Gasteiger partial charge in [-0.05, 0) is 51.8 Å². The van der Waals surface area contributed by atoms with Gasteiger partial charge in [0.2, 0.25) is 0 Å². The molecule has 0 aliphatic rings. The molecule has 0 saturated heterocycles. The fourth-order valence-corrected chi connectivity index (χ4v) is 3.51. The first-order chi connectivity index (χ1) is 15.0. The van der Waals surface area contributed by atoms with E-state index in [9.17, 15) is 4.79 Å². The molecule has 0 radical (unpaired) electrons. The van der Waals surface area contributed by atoms with Gasteiger partial charge in [0.05, 0.1) is 22.2 Å². The average Bonchev–Trinajstić information content (AvgIpc) is 3.38. The lowest BCUT2D eigenvalue weighted by Gasteiger charge is -2.09. The second-order valence-electron chi connectivity index (χ2n) is 6.58. The minimum atomic E-state index is -0.321. The van der Waals surface area contributed by atoms with E-state index in [0.29, 0.717) is 28.0 Å². The van der Waals surface area contributed by atoms with Crippen molar-refractivity contribution in [1.82, 2.24) is 19.6 Å². The Morgan fingerprint density at radius 3 is 2.77 bits per heavy atom. The highest BCUT2D eigenvalue weighted by atomic mass is 79.9. The monoisotopic (exact) mass is 519 g/mol. The van der Waals surface area contributed by atoms with Crippen LogP contribution in [0.5, 0.6) is 5.75 Å². The van der Waals surface area contributed by atoms with Crippen molar-refractivity contribution in [3.8, 4) is 5.75 Å². The van der Waals surface area contributed by atoms with Gasteiger partial charge in [-0.1, -0.05) is 41.4 Å². The van der Waals surface area contributed by atoms with Crippen LogP contribution in [0.4, 0.5) is 5.69 Å². The van der Waals surface area contributed by atoms with Crippen LogP contribution >= 0.6 is 39.1 Å². The second kappa shape index (κ2) is 9.55. The molecule has 0 atom stereocenters. The number of nitrogens with zero attached hydrogens (tertiary/aromatic N) is 4. The molecule has 0 spiro atoms. The summed E-state index contributed by atoms with van der Waals surface area (Å²) in [5, 5.41) is 12.1. The van der Waals surface area contributed by atoms with Crippen LogP contribution in [0.3, 0.4) is 0 Å². The lowest BCUT2D eigenvalue weighted by atomic mass is 10.2. The fourth-order valence-electron chi connectivity index (χ4n) is 2.84. The van der Waals surface area contributed by atoms with Gasteiger partial charge in [-0.3, -0.25) is 9.48 Å². The number of nitrogens with one attached hydrogen (secondary N) is 1. The molecule has 4 aromatic rings. The highest BCUT2D eigenvalue weighted by Gasteiger charge is 2.11. The van der Waals surface area contributed by atoms with E-state index in [1.165, 1.54) is 4.68 Å². The van der Waals surface area contributed by atoms with Crippen molar-refractivity contribution in [2.24, 2.45) is 0 Å². The third kappa shape index (κ3) is 5.46. The van der Waals surface area contributed by atoms with Crippen LogP contribution in [0.15, 0.2) is 71.6 Å². The summed E-state index contributed by atoms with van der Waals surface area (Å²) in [6.07, 6.45) is 5.27. The van der Waals surface area contributed by atoms with Gasteiger partial charge in [-0.25, -0.2) is 4.68 Å². The number of carbonyl (C=O) groups excluding carboxylic acids is 1. The molecule has 0 bridgehead atoms. The minimum Gasteiger partial charge on any atom is -0.470 e. The van der Waals surface area contributed by atoms with Crippen molar-refractivity contribution < 1.29 is 9.53 Å². The Bertz CT molecular complexity index is 1220. The van der Waals surface area contributed by atoms with Gasteiger partial charge >= 0.3 is 0 Å². The Hall–Kier alpha value is -2.81. The zero-order chi connectivity index (χ0) is 21.8. The van der Waals surface area contributed by atoms with Crippen molar-refractivity contribution in [3.63, 3.8) is 0 Å². The third-order valence-corrected chi connectivity index (χ3v) is 5.48. The van der Waals surface area contributed by atoms with Gasteiger partial charge in [0.25, 0.3) is 5.91 Å². The number of hydrogen-bond acceptors (Lipinski definition) is 4. The first-order valence-corrected chi connectivity index (χ1v) is 10.7. The highest BCUT2D eigenvalue weighted by molar-refractivity contribution is 9.10. The van der Waals surface area contributed by atoms with Crippen molar-refractivity contribution >= 4 is 50.7 Å². The van der Waals surface area contributed by atoms with Gasteiger partial charge < -0.3 is 10.1 Å². The van der Waals surface area contributed by atoms with E-state index in [2.05, 4.69) is 31.4 Å². The molecule has 1 amide bonds. The van der Waals surface area contributed by atoms with Gasteiger partial charge in [-0.2, -0.15) is 10.2 Å². The molecule has 10 heteroatoms. The fraction of sp³-hybridized carbons (Fsp3) is 0.0952. The molecule has 31 heavy (non-hydrogen) atoms. The second-order valence-corrected chi connectivity index (χ2v) is 8.28. The first-order valence-electron chi connectivity index (χ1n) is 9.16. The maximum absolute atomic E-state index is 12.6. The number of hydrogen-bond donors (Lipinski definition) is 1. The van der Waals surface area contributed by atoms with E-state index < -0.39 is 0 Å². The Labute approximate surface area is 196 Å². The Morgan fingerprint density at radius 2 is 1.97 bits per heavy atom. The number of rotatable bonds is 7. The van der Waals surface area contributed by atoms with Crippen LogP contribution in [0.1, 0.15) is 16.1 Å². The summed E-state index contributed by atoms with van der Waals surface area (Å²) in [5.41, 5.74) is 1.94. The molecule has 0 unspecified atom stereocenters. The Morgan fingerprint density at radius 1 is 1.13 bits per heavy atom. The Kier molecular flexibility index (Phi) is 6.60. The maximum Gasteiger partial charge on any atom is 0.276 e. The summed E-state index contributed by atoms with van der Waals surface area (Å²) >= 11 is 15.5. The largest absolute Gasteiger partial charge is 0.470 e. The van der Waals surface area contributed by atoms with Crippen LogP contribution in [-0.4, -0.2) is 25.5 Å². The van der Waals surface area contributed by atoms with Gasteiger partial charge in [0.15, 0.2) is 12.4 Å². The van der Waals surface area contributed by atoms with Crippen LogP contribution in [0.2, 0.25) is 10.0 Å². The molecule has 0 saturated carbocycles. The zero-order valence-corrected chi connectivity index (χ0v) is 19.1. The number of ether oxygens (including phenoxy) is 1. The molecule has 1 N–H and O–H groups in total. The summed E-state index contributed by atoms with van der Waals surface area (Å²) < 4.78 is 9.84. The molecular weight excluding hydrogens is 505 g/mol. The lowest BCUT2D eigenvalue weighted by molar-refractivity contribution is 0.102. The number of carbonyl (C=O) groups is 1.